The van der Waals surface area contributed by atoms with E-state index < -0.39 is 0 Å². The fourth-order valence-corrected chi connectivity index (χ4v) is 3.80. The van der Waals surface area contributed by atoms with E-state index in [1.807, 2.05) is 0 Å². The molecule has 0 bridgehead atoms. The number of rotatable bonds is 4. The molecule has 0 saturated heterocycles. The standard InChI is InChI=1S/C21H22ClN3O/c1-13(15-7-6-14-4-2-3-5-16(14)10-15)23-12-20-24-19-11-17(22)8-9-18(19)21(26)25-20/h6-11,13,23H,2-5,12H2,1H3,(H,24,25,26)/t13-/m0/s1. The highest BCUT2D eigenvalue weighted by Crippen LogP contribution is 2.25. The molecule has 1 aliphatic carbocycles. The summed E-state index contributed by atoms with van der Waals surface area (Å²) in [6.45, 7) is 2.64. The van der Waals surface area contributed by atoms with E-state index in [4.69, 9.17) is 11.6 Å². The third-order valence-electron chi connectivity index (χ3n) is 5.17. The number of aromatic amines is 1. The smallest absolute Gasteiger partial charge is 0.258 e. The first-order chi connectivity index (χ1) is 12.6. The molecule has 0 saturated carbocycles. The van der Waals surface area contributed by atoms with Crippen LogP contribution in [0.5, 0.6) is 0 Å². The Hall–Kier alpha value is -2.17. The normalized spacial score (nSPS) is 15.0. The van der Waals surface area contributed by atoms with Crippen LogP contribution in [0.25, 0.3) is 10.9 Å². The van der Waals surface area contributed by atoms with Crippen molar-refractivity contribution in [3.05, 3.63) is 74.3 Å². The minimum atomic E-state index is -0.134. The number of hydrogen-bond acceptors (Lipinski definition) is 3. The molecule has 134 valence electrons. The van der Waals surface area contributed by atoms with Crippen molar-refractivity contribution < 1.29 is 0 Å². The Morgan fingerprint density at radius 2 is 1.96 bits per heavy atom. The van der Waals surface area contributed by atoms with Crippen LogP contribution in [0.3, 0.4) is 0 Å². The van der Waals surface area contributed by atoms with Gasteiger partial charge in [0.2, 0.25) is 0 Å². The number of benzene rings is 2. The van der Waals surface area contributed by atoms with Gasteiger partial charge in [-0.1, -0.05) is 29.8 Å². The number of nitrogens with one attached hydrogen (secondary N) is 2. The van der Waals surface area contributed by atoms with Gasteiger partial charge in [-0.05, 0) is 67.5 Å². The highest BCUT2D eigenvalue weighted by atomic mass is 35.5. The van der Waals surface area contributed by atoms with Crippen molar-refractivity contribution in [1.82, 2.24) is 15.3 Å². The van der Waals surface area contributed by atoms with Crippen LogP contribution in [0, 0.1) is 0 Å². The van der Waals surface area contributed by atoms with E-state index in [1.54, 1.807) is 18.2 Å². The number of halogens is 1. The van der Waals surface area contributed by atoms with E-state index in [-0.39, 0.29) is 11.6 Å². The topological polar surface area (TPSA) is 57.8 Å². The van der Waals surface area contributed by atoms with E-state index in [1.165, 1.54) is 42.4 Å². The van der Waals surface area contributed by atoms with Crippen LogP contribution in [0.15, 0.2) is 41.2 Å². The molecule has 0 fully saturated rings. The predicted octanol–water partition coefficient (Wildman–Crippen LogP) is 4.31. The summed E-state index contributed by atoms with van der Waals surface area (Å²) in [5, 5.41) is 4.60. The third kappa shape index (κ3) is 3.53. The summed E-state index contributed by atoms with van der Waals surface area (Å²) in [5.74, 6) is 0.620. The number of aryl methyl sites for hydroxylation is 2. The SMILES string of the molecule is C[C@H](NCc1nc2cc(Cl)ccc2c(=O)[nH]1)c1ccc2c(c1)CCCC2. The van der Waals surface area contributed by atoms with E-state index in [0.717, 1.165) is 0 Å². The summed E-state index contributed by atoms with van der Waals surface area (Å²) in [6, 6.07) is 12.1. The fourth-order valence-electron chi connectivity index (χ4n) is 3.64. The van der Waals surface area contributed by atoms with Crippen molar-refractivity contribution in [2.24, 2.45) is 0 Å². The van der Waals surface area contributed by atoms with Gasteiger partial charge in [-0.3, -0.25) is 4.79 Å². The third-order valence-corrected chi connectivity index (χ3v) is 5.40. The monoisotopic (exact) mass is 367 g/mol. The lowest BCUT2D eigenvalue weighted by atomic mass is 9.89. The molecule has 1 atom stereocenters. The fraction of sp³-hybridized carbons (Fsp3) is 0.333. The molecule has 0 amide bonds. The molecule has 0 radical (unpaired) electrons. The van der Waals surface area contributed by atoms with Crippen LogP contribution >= 0.6 is 11.6 Å². The Balaban J connectivity index is 1.51. The molecule has 4 nitrogen and oxygen atoms in total. The van der Waals surface area contributed by atoms with Gasteiger partial charge in [0, 0.05) is 11.1 Å². The summed E-state index contributed by atoms with van der Waals surface area (Å²) in [7, 11) is 0. The van der Waals surface area contributed by atoms with Crippen molar-refractivity contribution in [2.75, 3.05) is 0 Å². The highest BCUT2D eigenvalue weighted by Gasteiger charge is 2.13. The maximum atomic E-state index is 12.2. The lowest BCUT2D eigenvalue weighted by Crippen LogP contribution is -2.22. The van der Waals surface area contributed by atoms with Gasteiger partial charge in [0.1, 0.15) is 5.82 Å². The van der Waals surface area contributed by atoms with Crippen LogP contribution in [0.2, 0.25) is 5.02 Å². The Kier molecular flexibility index (Phi) is 4.79. The van der Waals surface area contributed by atoms with Crippen molar-refractivity contribution in [3.8, 4) is 0 Å². The molecular formula is C21H22ClN3O. The van der Waals surface area contributed by atoms with Gasteiger partial charge >= 0.3 is 0 Å². The molecule has 0 aliphatic heterocycles. The van der Waals surface area contributed by atoms with Gasteiger partial charge in [0.15, 0.2) is 0 Å². The van der Waals surface area contributed by atoms with E-state index in [2.05, 4.69) is 40.4 Å². The van der Waals surface area contributed by atoms with Crippen LogP contribution in [-0.4, -0.2) is 9.97 Å². The lowest BCUT2D eigenvalue weighted by Gasteiger charge is -2.20. The van der Waals surface area contributed by atoms with E-state index >= 15 is 0 Å². The van der Waals surface area contributed by atoms with Gasteiger partial charge in [0.25, 0.3) is 5.56 Å². The first kappa shape index (κ1) is 17.3. The average molecular weight is 368 g/mol. The van der Waals surface area contributed by atoms with E-state index in [0.29, 0.717) is 28.3 Å². The number of hydrogen-bond donors (Lipinski definition) is 2. The van der Waals surface area contributed by atoms with Crippen LogP contribution in [0.1, 0.15) is 48.3 Å². The number of fused-ring (bicyclic) bond motifs is 2. The van der Waals surface area contributed by atoms with Gasteiger partial charge in [-0.2, -0.15) is 0 Å². The quantitative estimate of drug-likeness (QED) is 0.722. The second kappa shape index (κ2) is 7.22. The van der Waals surface area contributed by atoms with Gasteiger partial charge in [-0.15, -0.1) is 0 Å². The molecule has 2 aromatic carbocycles. The van der Waals surface area contributed by atoms with Crippen molar-refractivity contribution in [3.63, 3.8) is 0 Å². The molecule has 0 spiro atoms. The summed E-state index contributed by atoms with van der Waals surface area (Å²) in [6.07, 6.45) is 4.95. The maximum absolute atomic E-state index is 12.2. The first-order valence-electron chi connectivity index (χ1n) is 9.14. The zero-order valence-corrected chi connectivity index (χ0v) is 15.6. The van der Waals surface area contributed by atoms with E-state index in [9.17, 15) is 4.79 Å². The molecule has 1 aliphatic rings. The molecule has 26 heavy (non-hydrogen) atoms. The zero-order valence-electron chi connectivity index (χ0n) is 14.8. The molecule has 1 heterocycles. The molecule has 0 unspecified atom stereocenters. The van der Waals surface area contributed by atoms with Gasteiger partial charge in [-0.25, -0.2) is 4.98 Å². The van der Waals surface area contributed by atoms with Crippen LogP contribution < -0.4 is 10.9 Å². The molecule has 1 aromatic heterocycles. The molecule has 5 heteroatoms. The Labute approximate surface area is 157 Å². The Morgan fingerprint density at radius 1 is 1.15 bits per heavy atom. The van der Waals surface area contributed by atoms with Crippen LogP contribution in [0.4, 0.5) is 0 Å². The molecule has 2 N–H and O–H groups in total. The minimum Gasteiger partial charge on any atom is -0.309 e. The summed E-state index contributed by atoms with van der Waals surface area (Å²) in [4.78, 5) is 19.6. The number of aromatic nitrogens is 2. The second-order valence-corrected chi connectivity index (χ2v) is 7.45. The predicted molar refractivity (Wildman–Crippen MR) is 106 cm³/mol. The van der Waals surface area contributed by atoms with Crippen molar-refractivity contribution in [2.45, 2.75) is 45.2 Å². The van der Waals surface area contributed by atoms with Crippen molar-refractivity contribution in [1.29, 1.82) is 0 Å². The highest BCUT2D eigenvalue weighted by molar-refractivity contribution is 6.31. The number of nitrogens with zero attached hydrogens (tertiary/aromatic N) is 1. The second-order valence-electron chi connectivity index (χ2n) is 7.01. The molecular weight excluding hydrogens is 346 g/mol. The molecule has 3 aromatic rings. The van der Waals surface area contributed by atoms with Gasteiger partial charge < -0.3 is 10.3 Å². The van der Waals surface area contributed by atoms with Crippen LogP contribution in [-0.2, 0) is 19.4 Å². The Bertz CT molecular complexity index is 1010. The zero-order chi connectivity index (χ0) is 18.1. The first-order valence-corrected chi connectivity index (χ1v) is 9.51. The average Bonchev–Trinajstić information content (AvgIpc) is 2.65. The Morgan fingerprint density at radius 3 is 2.81 bits per heavy atom. The summed E-state index contributed by atoms with van der Waals surface area (Å²) < 4.78 is 0. The van der Waals surface area contributed by atoms with Gasteiger partial charge in [0.05, 0.1) is 17.4 Å². The molecule has 4 rings (SSSR count). The lowest BCUT2D eigenvalue weighted by molar-refractivity contribution is 0.557. The summed E-state index contributed by atoms with van der Waals surface area (Å²) in [5.41, 5.74) is 4.74. The summed E-state index contributed by atoms with van der Waals surface area (Å²) >= 11 is 6.02. The minimum absolute atomic E-state index is 0.134. The maximum Gasteiger partial charge on any atom is 0.258 e. The van der Waals surface area contributed by atoms with Crippen molar-refractivity contribution >= 4 is 22.5 Å². The number of H-pyrrole nitrogens is 1. The largest absolute Gasteiger partial charge is 0.309 e.